The molecule has 0 spiro atoms. The van der Waals surface area contributed by atoms with Crippen LogP contribution in [0.5, 0.6) is 5.75 Å². The van der Waals surface area contributed by atoms with Crippen LogP contribution in [0.1, 0.15) is 31.2 Å². The number of nitrogens with zero attached hydrogens (tertiary/aromatic N) is 3. The molecule has 10 nitrogen and oxygen atoms in total. The van der Waals surface area contributed by atoms with Crippen LogP contribution in [-0.2, 0) is 26.8 Å². The number of aromatic nitrogens is 2. The standard InChI is InChI=1S/C39H37N3O7S3/c1-2-28(25-39-42(20-9-23-52(46,47)48)35-26-31(14-17-37(35)50-39)29-10-4-3-5-11-29)24-38-41(19-8-22-51(43,44)45)34-27-32(15-16-36(34)49-38)40-21-18-30-12-6-7-13-33(30)40/h3-7,10-18,21,24-27H,2,8-9,19-20,22-23H2,1H3,(H-,43,44,45,46,47,48)/p+1. The molecule has 0 unspecified atom stereocenters. The van der Waals surface area contributed by atoms with Gasteiger partial charge in [-0.15, -0.1) is 0 Å². The van der Waals surface area contributed by atoms with Crippen LogP contribution in [0.15, 0.2) is 121 Å². The second-order valence-electron chi connectivity index (χ2n) is 12.6. The Hall–Kier alpha value is -4.79. The van der Waals surface area contributed by atoms with E-state index in [0.717, 1.165) is 54.2 Å². The third kappa shape index (κ3) is 7.98. The molecule has 6 aromatic rings. The lowest BCUT2D eigenvalue weighted by Crippen LogP contribution is -2.36. The molecule has 1 aliphatic heterocycles. The van der Waals surface area contributed by atoms with Crippen molar-refractivity contribution in [2.45, 2.75) is 32.7 Å². The highest BCUT2D eigenvalue weighted by Crippen LogP contribution is 2.41. The number of fused-ring (bicyclic) bond motifs is 3. The number of hydrogen-bond donors (Lipinski definition) is 2. The van der Waals surface area contributed by atoms with Gasteiger partial charge in [0.25, 0.3) is 25.2 Å². The average molecular weight is 757 g/mol. The van der Waals surface area contributed by atoms with Gasteiger partial charge in [0, 0.05) is 43.1 Å². The van der Waals surface area contributed by atoms with Gasteiger partial charge in [0.15, 0.2) is 12.3 Å². The van der Waals surface area contributed by atoms with Crippen LogP contribution >= 0.6 is 11.3 Å². The molecule has 0 radical (unpaired) electrons. The summed E-state index contributed by atoms with van der Waals surface area (Å²) in [5.41, 5.74) is 6.74. The monoisotopic (exact) mass is 756 g/mol. The lowest BCUT2D eigenvalue weighted by Gasteiger charge is -2.19. The number of thiazole rings is 1. The fourth-order valence-electron chi connectivity index (χ4n) is 6.51. The molecule has 0 aliphatic carbocycles. The summed E-state index contributed by atoms with van der Waals surface area (Å²) >= 11 is 1.59. The maximum atomic E-state index is 11.7. The molecule has 2 N–H and O–H groups in total. The summed E-state index contributed by atoms with van der Waals surface area (Å²) in [6, 6.07) is 32.4. The Morgan fingerprint density at radius 2 is 1.60 bits per heavy atom. The van der Waals surface area contributed by atoms with Crippen molar-refractivity contribution in [2.24, 2.45) is 0 Å². The van der Waals surface area contributed by atoms with Crippen molar-refractivity contribution < 1.29 is 35.2 Å². The molecule has 0 fully saturated rings. The predicted octanol–water partition coefficient (Wildman–Crippen LogP) is 7.89. The van der Waals surface area contributed by atoms with Gasteiger partial charge in [-0.25, -0.2) is 0 Å². The number of rotatable bonds is 13. The van der Waals surface area contributed by atoms with Crippen molar-refractivity contribution >= 4 is 64.5 Å². The predicted molar refractivity (Wildman–Crippen MR) is 207 cm³/mol. The molecule has 1 aliphatic rings. The first-order chi connectivity index (χ1) is 25.0. The Balaban J connectivity index is 1.27. The van der Waals surface area contributed by atoms with E-state index < -0.39 is 20.2 Å². The molecule has 0 atom stereocenters. The Bertz CT molecular complexity index is 2560. The first-order valence-corrected chi connectivity index (χ1v) is 21.0. The maximum Gasteiger partial charge on any atom is 0.265 e. The smallest absolute Gasteiger partial charge is 0.265 e. The number of hydrogen-bond acceptors (Lipinski definition) is 7. The third-order valence-corrected chi connectivity index (χ3v) is 11.7. The van der Waals surface area contributed by atoms with Crippen molar-refractivity contribution in [3.05, 3.63) is 126 Å². The fraction of sp³-hybridized carbons (Fsp3) is 0.205. The van der Waals surface area contributed by atoms with Gasteiger partial charge in [0.2, 0.25) is 11.4 Å². The van der Waals surface area contributed by atoms with Crippen molar-refractivity contribution in [3.63, 3.8) is 0 Å². The normalized spacial score (nSPS) is 14.4. The molecule has 4 aromatic carbocycles. The van der Waals surface area contributed by atoms with Gasteiger partial charge >= 0.3 is 0 Å². The second-order valence-corrected chi connectivity index (χ2v) is 16.8. The van der Waals surface area contributed by atoms with Crippen LogP contribution in [0.25, 0.3) is 44.0 Å². The van der Waals surface area contributed by atoms with Crippen LogP contribution in [0, 0.1) is 0 Å². The largest absolute Gasteiger partial charge is 0.439 e. The Morgan fingerprint density at radius 3 is 2.37 bits per heavy atom. The number of allylic oxidation sites excluding steroid dienone is 2. The van der Waals surface area contributed by atoms with Crippen molar-refractivity contribution in [2.75, 3.05) is 23.0 Å². The third-order valence-electron chi connectivity index (χ3n) is 9.02. The molecular formula is C39H38N3O7S3+. The summed E-state index contributed by atoms with van der Waals surface area (Å²) in [6.07, 6.45) is 7.06. The summed E-state index contributed by atoms with van der Waals surface area (Å²) in [6.45, 7) is 2.69. The summed E-state index contributed by atoms with van der Waals surface area (Å²) in [5, 5.41) is 2.01. The molecule has 7 rings (SSSR count). The number of para-hydroxylation sites is 1. The summed E-state index contributed by atoms with van der Waals surface area (Å²) < 4.78 is 77.2. The van der Waals surface area contributed by atoms with Gasteiger partial charge in [-0.05, 0) is 71.3 Å². The molecule has 0 saturated heterocycles. The number of anilines is 1. The molecule has 3 heterocycles. The molecule has 268 valence electrons. The average Bonchev–Trinajstić information content (AvgIpc) is 3.80. The maximum absolute atomic E-state index is 11.7. The van der Waals surface area contributed by atoms with Gasteiger partial charge in [0.1, 0.15) is 4.70 Å². The second kappa shape index (κ2) is 14.7. The summed E-state index contributed by atoms with van der Waals surface area (Å²) in [4.78, 5) is 1.94. The molecule has 13 heteroatoms. The highest BCUT2D eigenvalue weighted by molar-refractivity contribution is 7.86. The number of aryl methyl sites for hydroxylation is 1. The van der Waals surface area contributed by atoms with E-state index in [1.165, 1.54) is 0 Å². The Kier molecular flexibility index (Phi) is 10.1. The van der Waals surface area contributed by atoms with Gasteiger partial charge < -0.3 is 14.2 Å². The molecule has 0 bridgehead atoms. The fourth-order valence-corrected chi connectivity index (χ4v) is 8.64. The van der Waals surface area contributed by atoms with Crippen molar-refractivity contribution in [1.29, 1.82) is 0 Å². The highest BCUT2D eigenvalue weighted by Gasteiger charge is 2.28. The SMILES string of the molecule is CCC(/C=C1\Oc2ccc(-n3ccc4ccccc43)cc2N1CCCS(=O)(=O)O)=C\c1sc2ccc(-c3ccccc3)cc2[n+]1CCCS(=O)(=O)O. The first-order valence-electron chi connectivity index (χ1n) is 17.0. The zero-order valence-corrected chi connectivity index (χ0v) is 30.9. The van der Waals surface area contributed by atoms with Crippen LogP contribution < -0.4 is 14.2 Å². The lowest BCUT2D eigenvalue weighted by atomic mass is 10.1. The zero-order valence-electron chi connectivity index (χ0n) is 28.4. The van der Waals surface area contributed by atoms with Crippen LogP contribution in [0.2, 0.25) is 0 Å². The topological polar surface area (TPSA) is 130 Å². The van der Waals surface area contributed by atoms with Gasteiger partial charge in [0.05, 0.1) is 22.7 Å². The number of ether oxygens (including phenoxy) is 1. The van der Waals surface area contributed by atoms with E-state index in [1.807, 2.05) is 84.8 Å². The van der Waals surface area contributed by atoms with E-state index >= 15 is 0 Å². The first kappa shape index (κ1) is 35.6. The van der Waals surface area contributed by atoms with E-state index in [2.05, 4.69) is 51.6 Å². The highest BCUT2D eigenvalue weighted by atomic mass is 32.2. The molecule has 52 heavy (non-hydrogen) atoms. The van der Waals surface area contributed by atoms with E-state index in [1.54, 1.807) is 11.3 Å². The minimum absolute atomic E-state index is 0.175. The molecule has 2 aromatic heterocycles. The minimum atomic E-state index is -4.16. The molecule has 0 saturated carbocycles. The van der Waals surface area contributed by atoms with Gasteiger partial charge in [-0.1, -0.05) is 72.9 Å². The summed E-state index contributed by atoms with van der Waals surface area (Å²) in [5.74, 6) is 0.415. The van der Waals surface area contributed by atoms with Gasteiger partial charge in [-0.3, -0.25) is 9.11 Å². The zero-order chi connectivity index (χ0) is 36.5. The quantitative estimate of drug-likeness (QED) is 0.0900. The van der Waals surface area contributed by atoms with Crippen LogP contribution in [-0.4, -0.2) is 48.6 Å². The van der Waals surface area contributed by atoms with Crippen molar-refractivity contribution in [1.82, 2.24) is 4.57 Å². The Labute approximate surface area is 307 Å². The molecular weight excluding hydrogens is 719 g/mol. The van der Waals surface area contributed by atoms with E-state index in [4.69, 9.17) is 4.74 Å². The van der Waals surface area contributed by atoms with Crippen LogP contribution in [0.3, 0.4) is 0 Å². The van der Waals surface area contributed by atoms with Gasteiger partial charge in [-0.2, -0.15) is 21.4 Å². The molecule has 0 amide bonds. The van der Waals surface area contributed by atoms with Crippen molar-refractivity contribution in [3.8, 4) is 22.6 Å². The lowest BCUT2D eigenvalue weighted by molar-refractivity contribution is -0.668. The van der Waals surface area contributed by atoms with E-state index in [9.17, 15) is 25.9 Å². The minimum Gasteiger partial charge on any atom is -0.439 e. The Morgan fingerprint density at radius 1 is 0.846 bits per heavy atom. The van der Waals surface area contributed by atoms with E-state index in [0.29, 0.717) is 24.6 Å². The summed E-state index contributed by atoms with van der Waals surface area (Å²) in [7, 11) is -8.29. The van der Waals surface area contributed by atoms with Crippen LogP contribution in [0.4, 0.5) is 5.69 Å². The number of benzene rings is 4. The van der Waals surface area contributed by atoms with E-state index in [-0.39, 0.29) is 30.9 Å².